The largest absolute Gasteiger partial charge is 0.474 e. The average Bonchev–Trinajstić information content (AvgIpc) is 3.66. The zero-order valence-corrected chi connectivity index (χ0v) is 30.5. The van der Waals surface area contributed by atoms with Crippen molar-refractivity contribution < 1.29 is 46.0 Å². The number of nitrogens with two attached hydrogens (primary N) is 1. The lowest BCUT2D eigenvalue weighted by Crippen LogP contribution is -2.50. The number of phosphoric acid groups is 1. The molecule has 48 heavy (non-hydrogen) atoms. The van der Waals surface area contributed by atoms with Crippen molar-refractivity contribution >= 4 is 52.3 Å². The Hall–Kier alpha value is -2.22. The Morgan fingerprint density at radius 3 is 2.62 bits per heavy atom. The molecular formula is C26H39N7O11P2SSi. The maximum atomic E-state index is 14.0. The molecule has 0 amide bonds. The number of aromatic amines is 1. The summed E-state index contributed by atoms with van der Waals surface area (Å²) in [5.74, 6) is -0.421. The molecular weight excluding hydrogens is 708 g/mol. The molecule has 5 heterocycles. The number of aromatic nitrogens is 6. The number of fused-ring (bicyclic) bond motifs is 4. The fraction of sp³-hybridized carbons (Fsp3) is 0.654. The van der Waals surface area contributed by atoms with Gasteiger partial charge in [-0.2, -0.15) is 4.98 Å². The highest BCUT2D eigenvalue weighted by molar-refractivity contribution is 8.44. The Balaban J connectivity index is 1.36. The molecule has 22 heteroatoms. The summed E-state index contributed by atoms with van der Waals surface area (Å²) in [6.07, 6.45) is -1.21. The van der Waals surface area contributed by atoms with Gasteiger partial charge in [-0.25, -0.2) is 24.1 Å². The maximum Gasteiger partial charge on any atom is 0.472 e. The van der Waals surface area contributed by atoms with Crippen LogP contribution in [0.3, 0.4) is 0 Å². The highest BCUT2D eigenvalue weighted by Crippen LogP contribution is 2.59. The second-order valence-electron chi connectivity index (χ2n) is 13.4. The number of hydrogen-bond donors (Lipinski definition) is 4. The molecule has 1 saturated carbocycles. The highest BCUT2D eigenvalue weighted by atomic mass is 32.7. The molecule has 3 aliphatic rings. The molecule has 9 atom stereocenters. The van der Waals surface area contributed by atoms with Crippen LogP contribution >= 0.6 is 26.9 Å². The van der Waals surface area contributed by atoms with Crippen LogP contribution in [0.25, 0.3) is 11.2 Å². The zero-order chi connectivity index (χ0) is 34.6. The first-order valence-electron chi connectivity index (χ1n) is 15.2. The SMILES string of the molecule is CC(C)(C)[Si](C)(C)OC1[C@H]2OP(=O)(S)OC[C@H]3C[C@@H](Oc4ccncn4)C[C@@H]3OP(=O)(O)OC[C@H]1O[C@H]2n1cnc2c(=O)[nH]c(N)nc21. The molecule has 4 N–H and O–H groups in total. The van der Waals surface area contributed by atoms with Crippen molar-refractivity contribution in [2.24, 2.45) is 5.92 Å². The average molecular weight is 748 g/mol. The Kier molecular flexibility index (Phi) is 9.75. The van der Waals surface area contributed by atoms with Gasteiger partial charge in [-0.3, -0.25) is 27.9 Å². The second kappa shape index (κ2) is 13.2. The number of phosphoric ester groups is 1. The van der Waals surface area contributed by atoms with Crippen LogP contribution in [0.5, 0.6) is 5.88 Å². The molecule has 2 saturated heterocycles. The van der Waals surface area contributed by atoms with E-state index in [1.807, 2.05) is 33.9 Å². The van der Waals surface area contributed by atoms with E-state index in [2.05, 4.69) is 37.2 Å². The van der Waals surface area contributed by atoms with E-state index in [0.29, 0.717) is 12.3 Å². The Bertz CT molecular complexity index is 1790. The molecule has 18 nitrogen and oxygen atoms in total. The molecule has 3 aromatic rings. The van der Waals surface area contributed by atoms with E-state index in [1.54, 1.807) is 6.07 Å². The number of nitrogens with zero attached hydrogens (tertiary/aromatic N) is 5. The van der Waals surface area contributed by atoms with Crippen LogP contribution in [-0.4, -0.2) is 86.4 Å². The number of thiol groups is 1. The van der Waals surface area contributed by atoms with Crippen LogP contribution in [-0.2, 0) is 36.4 Å². The summed E-state index contributed by atoms with van der Waals surface area (Å²) in [5, 5.41) is -0.298. The number of hydrogen-bond acceptors (Lipinski definition) is 15. The minimum atomic E-state index is -4.72. The van der Waals surface area contributed by atoms with Gasteiger partial charge in [0.25, 0.3) is 5.56 Å². The van der Waals surface area contributed by atoms with Crippen LogP contribution in [0.1, 0.15) is 39.8 Å². The van der Waals surface area contributed by atoms with Crippen LogP contribution in [0, 0.1) is 5.92 Å². The predicted molar refractivity (Wildman–Crippen MR) is 176 cm³/mol. The number of ether oxygens (including phenoxy) is 2. The monoisotopic (exact) mass is 747 g/mol. The second-order valence-corrected chi connectivity index (χ2v) is 22.5. The van der Waals surface area contributed by atoms with Crippen LogP contribution in [0.4, 0.5) is 5.95 Å². The van der Waals surface area contributed by atoms with Crippen molar-refractivity contribution in [3.63, 3.8) is 0 Å². The molecule has 0 aromatic carbocycles. The number of H-pyrrole nitrogens is 1. The minimum absolute atomic E-state index is 0.0351. The van der Waals surface area contributed by atoms with Crippen molar-refractivity contribution in [3.05, 3.63) is 35.3 Å². The quantitative estimate of drug-likeness (QED) is 0.166. The first-order valence-corrected chi connectivity index (χ1v) is 22.3. The molecule has 3 fully saturated rings. The van der Waals surface area contributed by atoms with Crippen LogP contribution in [0.15, 0.2) is 29.7 Å². The van der Waals surface area contributed by atoms with E-state index in [0.717, 1.165) is 0 Å². The lowest BCUT2D eigenvalue weighted by molar-refractivity contribution is -0.0528. The third kappa shape index (κ3) is 7.58. The van der Waals surface area contributed by atoms with E-state index in [1.165, 1.54) is 23.4 Å². The summed E-state index contributed by atoms with van der Waals surface area (Å²) in [4.78, 5) is 42.3. The van der Waals surface area contributed by atoms with E-state index < -0.39 is 77.8 Å². The van der Waals surface area contributed by atoms with Gasteiger partial charge in [-0.05, 0) is 24.6 Å². The van der Waals surface area contributed by atoms with Crippen LogP contribution < -0.4 is 16.0 Å². The maximum absolute atomic E-state index is 14.0. The molecule has 1 aliphatic carbocycles. The van der Waals surface area contributed by atoms with E-state index in [4.69, 9.17) is 37.7 Å². The molecule has 0 spiro atoms. The molecule has 264 valence electrons. The summed E-state index contributed by atoms with van der Waals surface area (Å²) in [5.41, 5.74) is 5.28. The molecule has 3 aromatic heterocycles. The molecule has 2 aliphatic heterocycles. The number of imidazole rings is 1. The van der Waals surface area contributed by atoms with E-state index in [9.17, 15) is 18.8 Å². The smallest absolute Gasteiger partial charge is 0.472 e. The van der Waals surface area contributed by atoms with Crippen molar-refractivity contribution in [3.8, 4) is 5.88 Å². The van der Waals surface area contributed by atoms with Gasteiger partial charge in [0.2, 0.25) is 11.8 Å². The number of nitrogens with one attached hydrogen (secondary N) is 1. The van der Waals surface area contributed by atoms with Gasteiger partial charge < -0.3 is 29.1 Å². The standard InChI is InChI=1S/C26H39N7O11P2SSi/c1-26(2,3)48(4,5)44-20-17-11-38-45(35,36)42-16-9-15(40-18-6-7-28-12-29-18)8-14(16)10-39-46(37,47)43-21(20)24(41-17)33-13-30-19-22(33)31-25(27)32-23(19)34/h6-7,12-17,20-21,24H,8-11H2,1-5H3,(H,35,36)(H,37,47)(H3,27,31,32,34)/t14-,15-,16+,17-,20?,21-,24-,46?/m1/s1. The third-order valence-corrected chi connectivity index (χ3v) is 16.2. The summed E-state index contributed by atoms with van der Waals surface area (Å²) in [7, 11) is -7.36. The first kappa shape index (κ1) is 35.6. The van der Waals surface area contributed by atoms with Gasteiger partial charge in [0.1, 0.15) is 30.7 Å². The van der Waals surface area contributed by atoms with Gasteiger partial charge in [-0.1, -0.05) is 33.0 Å². The number of anilines is 1. The van der Waals surface area contributed by atoms with Crippen molar-refractivity contribution in [2.45, 2.75) is 88.5 Å². The summed E-state index contributed by atoms with van der Waals surface area (Å²) >= 11 is 4.33. The summed E-state index contributed by atoms with van der Waals surface area (Å²) < 4.78 is 71.1. The molecule has 0 radical (unpaired) electrons. The number of nitrogen functional groups attached to an aromatic ring is 1. The summed E-state index contributed by atoms with van der Waals surface area (Å²) in [6, 6.07) is 1.58. The molecule has 6 rings (SSSR count). The van der Waals surface area contributed by atoms with Crippen LogP contribution in [0.2, 0.25) is 18.1 Å². The van der Waals surface area contributed by atoms with Crippen molar-refractivity contribution in [1.29, 1.82) is 0 Å². The van der Waals surface area contributed by atoms with Crippen molar-refractivity contribution in [2.75, 3.05) is 18.9 Å². The summed E-state index contributed by atoms with van der Waals surface area (Å²) in [6.45, 7) is 5.15. The normalized spacial score (nSPS) is 35.0. The Morgan fingerprint density at radius 2 is 1.92 bits per heavy atom. The van der Waals surface area contributed by atoms with Crippen molar-refractivity contribution in [1.82, 2.24) is 29.5 Å². The first-order chi connectivity index (χ1) is 22.4. The Morgan fingerprint density at radius 1 is 1.15 bits per heavy atom. The van der Waals surface area contributed by atoms with Gasteiger partial charge in [0.05, 0.1) is 25.6 Å². The molecule has 3 unspecified atom stereocenters. The van der Waals surface area contributed by atoms with Gasteiger partial charge in [0, 0.05) is 24.6 Å². The molecule has 2 bridgehead atoms. The third-order valence-electron chi connectivity index (χ3n) is 9.05. The lowest BCUT2D eigenvalue weighted by atomic mass is 10.1. The van der Waals surface area contributed by atoms with Gasteiger partial charge in [0.15, 0.2) is 25.7 Å². The minimum Gasteiger partial charge on any atom is -0.474 e. The van der Waals surface area contributed by atoms with Gasteiger partial charge >= 0.3 is 14.6 Å². The highest BCUT2D eigenvalue weighted by Gasteiger charge is 2.55. The topological polar surface area (TPSA) is 234 Å². The van der Waals surface area contributed by atoms with E-state index in [-0.39, 0.29) is 35.2 Å². The number of rotatable bonds is 5. The Labute approximate surface area is 281 Å². The zero-order valence-electron chi connectivity index (χ0n) is 26.9. The fourth-order valence-corrected chi connectivity index (χ4v) is 9.48. The predicted octanol–water partition coefficient (Wildman–Crippen LogP) is 3.59. The van der Waals surface area contributed by atoms with Gasteiger partial charge in [-0.15, -0.1) is 0 Å². The lowest BCUT2D eigenvalue weighted by Gasteiger charge is -2.40. The van der Waals surface area contributed by atoms with E-state index >= 15 is 0 Å². The fourth-order valence-electron chi connectivity index (χ4n) is 5.67.